The third kappa shape index (κ3) is 4.58. The summed E-state index contributed by atoms with van der Waals surface area (Å²) in [4.78, 5) is 56.0. The third-order valence-electron chi connectivity index (χ3n) is 4.85. The predicted molar refractivity (Wildman–Crippen MR) is 101 cm³/mol. The Morgan fingerprint density at radius 3 is 2.39 bits per heavy atom. The Hall–Kier alpha value is -2.71. The van der Waals surface area contributed by atoms with Crippen molar-refractivity contribution in [1.82, 2.24) is 14.5 Å². The first kappa shape index (κ1) is 20.0. The molecule has 3 rings (SSSR count). The van der Waals surface area contributed by atoms with Gasteiger partial charge in [-0.1, -0.05) is 0 Å². The van der Waals surface area contributed by atoms with E-state index < -0.39 is 11.6 Å². The molecule has 2 fully saturated rings. The first-order valence-electron chi connectivity index (χ1n) is 9.49. The summed E-state index contributed by atoms with van der Waals surface area (Å²) in [6.07, 6.45) is 1.56. The van der Waals surface area contributed by atoms with E-state index in [-0.39, 0.29) is 29.6 Å². The smallest absolute Gasteiger partial charge is 0.410 e. The minimum atomic E-state index is -0.615. The Labute approximate surface area is 163 Å². The molecule has 9 heteroatoms. The number of rotatable bonds is 2. The molecule has 1 aromatic heterocycles. The molecule has 9 nitrogen and oxygen atoms in total. The van der Waals surface area contributed by atoms with Gasteiger partial charge in [0.1, 0.15) is 23.5 Å². The van der Waals surface area contributed by atoms with Gasteiger partial charge in [0, 0.05) is 38.7 Å². The maximum Gasteiger partial charge on any atom is 0.410 e. The molecule has 1 amide bonds. The highest BCUT2D eigenvalue weighted by Gasteiger charge is 2.30. The largest absolute Gasteiger partial charge is 0.444 e. The monoisotopic (exact) mass is 390 g/mol. The Balaban J connectivity index is 1.64. The lowest BCUT2D eigenvalue weighted by Gasteiger charge is -2.36. The molecule has 1 saturated heterocycles. The van der Waals surface area contributed by atoms with Crippen molar-refractivity contribution in [3.05, 3.63) is 22.7 Å². The van der Waals surface area contributed by atoms with Gasteiger partial charge >= 0.3 is 6.09 Å². The summed E-state index contributed by atoms with van der Waals surface area (Å²) in [6.45, 7) is 7.50. The van der Waals surface area contributed by atoms with Crippen molar-refractivity contribution in [2.45, 2.75) is 51.7 Å². The van der Waals surface area contributed by atoms with Crippen LogP contribution in [0.25, 0.3) is 0 Å². The highest BCUT2D eigenvalue weighted by atomic mass is 16.6. The fourth-order valence-corrected chi connectivity index (χ4v) is 3.41. The summed E-state index contributed by atoms with van der Waals surface area (Å²) < 4.78 is 6.70. The zero-order chi connectivity index (χ0) is 20.5. The fourth-order valence-electron chi connectivity index (χ4n) is 3.41. The van der Waals surface area contributed by atoms with Crippen LogP contribution in [0.5, 0.6) is 0 Å². The SMILES string of the molecule is CC(C)(C)OC(=O)N1CCN(c2cc(=O)n(C3CCC(=O)CC3=O)cn2)CC1. The zero-order valence-electron chi connectivity index (χ0n) is 16.5. The highest BCUT2D eigenvalue weighted by Crippen LogP contribution is 2.22. The topological polar surface area (TPSA) is 102 Å². The lowest BCUT2D eigenvalue weighted by atomic mass is 9.93. The second kappa shape index (κ2) is 7.73. The Bertz CT molecular complexity index is 833. The molecular formula is C19H26N4O5. The number of Topliss-reactive ketones (excluding diaryl/α,β-unsaturated/α-hetero) is 2. The van der Waals surface area contributed by atoms with Crippen LogP contribution in [0.4, 0.5) is 10.6 Å². The van der Waals surface area contributed by atoms with E-state index in [9.17, 15) is 19.2 Å². The molecular weight excluding hydrogens is 364 g/mol. The Kier molecular flexibility index (Phi) is 5.53. The van der Waals surface area contributed by atoms with Crippen LogP contribution in [-0.4, -0.2) is 63.9 Å². The number of nitrogens with zero attached hydrogens (tertiary/aromatic N) is 4. The average Bonchev–Trinajstić information content (AvgIpc) is 2.61. The first-order valence-corrected chi connectivity index (χ1v) is 9.49. The molecule has 1 aliphatic heterocycles. The third-order valence-corrected chi connectivity index (χ3v) is 4.85. The average molecular weight is 390 g/mol. The van der Waals surface area contributed by atoms with Crippen LogP contribution in [0, 0.1) is 0 Å². The normalized spacial score (nSPS) is 21.0. The van der Waals surface area contributed by atoms with E-state index in [1.54, 1.807) is 4.90 Å². The van der Waals surface area contributed by atoms with Gasteiger partial charge in [-0.05, 0) is 27.2 Å². The predicted octanol–water partition coefficient (Wildman–Crippen LogP) is 1.16. The van der Waals surface area contributed by atoms with Crippen LogP contribution in [0.15, 0.2) is 17.2 Å². The number of carbonyl (C=O) groups excluding carboxylic acids is 3. The lowest BCUT2D eigenvalue weighted by Crippen LogP contribution is -2.50. The molecule has 1 saturated carbocycles. The van der Waals surface area contributed by atoms with E-state index in [1.165, 1.54) is 17.0 Å². The van der Waals surface area contributed by atoms with Crippen LogP contribution in [0.1, 0.15) is 46.1 Å². The van der Waals surface area contributed by atoms with Gasteiger partial charge in [-0.2, -0.15) is 0 Å². The number of anilines is 1. The second-order valence-electron chi connectivity index (χ2n) is 8.18. The highest BCUT2D eigenvalue weighted by molar-refractivity contribution is 6.03. The molecule has 2 aliphatic rings. The van der Waals surface area contributed by atoms with E-state index in [0.29, 0.717) is 44.8 Å². The lowest BCUT2D eigenvalue weighted by molar-refractivity contribution is -0.132. The maximum absolute atomic E-state index is 12.5. The summed E-state index contributed by atoms with van der Waals surface area (Å²) >= 11 is 0. The summed E-state index contributed by atoms with van der Waals surface area (Å²) in [7, 11) is 0. The van der Waals surface area contributed by atoms with Crippen molar-refractivity contribution in [2.75, 3.05) is 31.1 Å². The molecule has 1 atom stereocenters. The van der Waals surface area contributed by atoms with Gasteiger partial charge in [-0.3, -0.25) is 19.0 Å². The van der Waals surface area contributed by atoms with Gasteiger partial charge in [0.15, 0.2) is 5.78 Å². The summed E-state index contributed by atoms with van der Waals surface area (Å²) in [5, 5.41) is 0. The second-order valence-corrected chi connectivity index (χ2v) is 8.18. The van der Waals surface area contributed by atoms with Gasteiger partial charge in [0.2, 0.25) is 0 Å². The number of aromatic nitrogens is 2. The zero-order valence-corrected chi connectivity index (χ0v) is 16.5. The van der Waals surface area contributed by atoms with Crippen molar-refractivity contribution in [3.63, 3.8) is 0 Å². The molecule has 2 heterocycles. The number of ether oxygens (including phenoxy) is 1. The van der Waals surface area contributed by atoms with E-state index in [1.807, 2.05) is 25.7 Å². The van der Waals surface area contributed by atoms with Crippen molar-refractivity contribution >= 4 is 23.5 Å². The molecule has 0 radical (unpaired) electrons. The molecule has 152 valence electrons. The van der Waals surface area contributed by atoms with E-state index in [4.69, 9.17) is 4.74 Å². The summed E-state index contributed by atoms with van der Waals surface area (Å²) in [5.41, 5.74) is -0.853. The molecule has 1 aliphatic carbocycles. The van der Waals surface area contributed by atoms with Gasteiger partial charge in [0.25, 0.3) is 5.56 Å². The van der Waals surface area contributed by atoms with E-state index in [2.05, 4.69) is 4.98 Å². The van der Waals surface area contributed by atoms with Crippen LogP contribution in [0.2, 0.25) is 0 Å². The molecule has 1 unspecified atom stereocenters. The quantitative estimate of drug-likeness (QED) is 0.698. The first-order chi connectivity index (χ1) is 13.1. The van der Waals surface area contributed by atoms with Gasteiger partial charge in [-0.15, -0.1) is 0 Å². The van der Waals surface area contributed by atoms with Crippen molar-refractivity contribution < 1.29 is 19.1 Å². The maximum atomic E-state index is 12.5. The van der Waals surface area contributed by atoms with Crippen molar-refractivity contribution in [2.24, 2.45) is 0 Å². The fraction of sp³-hybridized carbons (Fsp3) is 0.632. The van der Waals surface area contributed by atoms with E-state index >= 15 is 0 Å². The molecule has 0 bridgehead atoms. The molecule has 0 N–H and O–H groups in total. The number of hydrogen-bond donors (Lipinski definition) is 0. The number of ketones is 2. The standard InChI is InChI=1S/C19H26N4O5/c1-19(2,3)28-18(27)22-8-6-21(7-9-22)16-11-17(26)23(12-20-16)14-5-4-13(24)10-15(14)25/h11-12,14H,4-10H2,1-3H3. The van der Waals surface area contributed by atoms with Crippen LogP contribution in [0.3, 0.4) is 0 Å². The molecule has 1 aromatic rings. The molecule has 28 heavy (non-hydrogen) atoms. The van der Waals surface area contributed by atoms with Crippen LogP contribution < -0.4 is 10.5 Å². The van der Waals surface area contributed by atoms with Crippen molar-refractivity contribution in [1.29, 1.82) is 0 Å². The minimum absolute atomic E-state index is 0.0817. The summed E-state index contributed by atoms with van der Waals surface area (Å²) in [5.74, 6) is 0.199. The minimum Gasteiger partial charge on any atom is -0.444 e. The number of amides is 1. The van der Waals surface area contributed by atoms with Crippen molar-refractivity contribution in [3.8, 4) is 0 Å². The van der Waals surface area contributed by atoms with Crippen LogP contribution >= 0.6 is 0 Å². The Morgan fingerprint density at radius 1 is 1.14 bits per heavy atom. The van der Waals surface area contributed by atoms with Gasteiger partial charge in [-0.25, -0.2) is 9.78 Å². The number of carbonyl (C=O) groups is 3. The Morgan fingerprint density at radius 2 is 1.82 bits per heavy atom. The molecule has 0 spiro atoms. The van der Waals surface area contributed by atoms with E-state index in [0.717, 1.165) is 0 Å². The van der Waals surface area contributed by atoms with Gasteiger partial charge in [0.05, 0.1) is 12.5 Å². The molecule has 0 aromatic carbocycles. The van der Waals surface area contributed by atoms with Gasteiger partial charge < -0.3 is 14.5 Å². The summed E-state index contributed by atoms with van der Waals surface area (Å²) in [6, 6.07) is 0.795. The number of piperazine rings is 1. The van der Waals surface area contributed by atoms with Crippen LogP contribution in [-0.2, 0) is 14.3 Å². The number of hydrogen-bond acceptors (Lipinski definition) is 7.